The summed E-state index contributed by atoms with van der Waals surface area (Å²) < 4.78 is 0. The summed E-state index contributed by atoms with van der Waals surface area (Å²) in [5.74, 6) is 0.890. The van der Waals surface area contributed by atoms with Gasteiger partial charge in [0.15, 0.2) is 0 Å². The first-order chi connectivity index (χ1) is 10.1. The van der Waals surface area contributed by atoms with Crippen LogP contribution < -0.4 is 10.2 Å². The van der Waals surface area contributed by atoms with E-state index in [-0.39, 0.29) is 0 Å². The van der Waals surface area contributed by atoms with Crippen molar-refractivity contribution in [2.75, 3.05) is 11.9 Å². The molecule has 0 spiro atoms. The summed E-state index contributed by atoms with van der Waals surface area (Å²) >= 11 is 6.53. The van der Waals surface area contributed by atoms with Gasteiger partial charge in [-0.25, -0.2) is 0 Å². The van der Waals surface area contributed by atoms with E-state index in [1.54, 1.807) is 0 Å². The molecule has 0 heterocycles. The number of halogens is 1. The standard InChI is InChI=1S/C18H27ClN2/c1-13-3-8-16(9-4-13)21(2)18-10-5-14(11-17(18)19)12-20-15-6-7-15/h5,10-11,13,15-16,20H,3-4,6-9,12H2,1-2H3. The number of anilines is 1. The summed E-state index contributed by atoms with van der Waals surface area (Å²) in [6, 6.07) is 7.95. The van der Waals surface area contributed by atoms with Crippen LogP contribution >= 0.6 is 11.6 Å². The molecule has 1 N–H and O–H groups in total. The Morgan fingerprint density at radius 1 is 1.14 bits per heavy atom. The molecule has 2 saturated carbocycles. The van der Waals surface area contributed by atoms with Gasteiger partial charge in [0.05, 0.1) is 10.7 Å². The summed E-state index contributed by atoms with van der Waals surface area (Å²) in [4.78, 5) is 2.40. The maximum absolute atomic E-state index is 6.53. The quantitative estimate of drug-likeness (QED) is 0.855. The third-order valence-corrected chi connectivity index (χ3v) is 5.40. The summed E-state index contributed by atoms with van der Waals surface area (Å²) in [6.45, 7) is 3.31. The predicted molar refractivity (Wildman–Crippen MR) is 91.1 cm³/mol. The molecule has 1 aromatic carbocycles. The Labute approximate surface area is 133 Å². The van der Waals surface area contributed by atoms with Crippen molar-refractivity contribution in [1.82, 2.24) is 5.32 Å². The maximum atomic E-state index is 6.53. The Hall–Kier alpha value is -0.730. The second kappa shape index (κ2) is 6.58. The third kappa shape index (κ3) is 3.92. The number of hydrogen-bond donors (Lipinski definition) is 1. The van der Waals surface area contributed by atoms with Crippen LogP contribution in [0, 0.1) is 5.92 Å². The van der Waals surface area contributed by atoms with Gasteiger partial charge in [-0.15, -0.1) is 0 Å². The fourth-order valence-electron chi connectivity index (χ4n) is 3.32. The highest BCUT2D eigenvalue weighted by Crippen LogP contribution is 2.33. The first kappa shape index (κ1) is 15.2. The normalized spacial score (nSPS) is 25.9. The van der Waals surface area contributed by atoms with Crippen LogP contribution in [0.1, 0.15) is 51.0 Å². The molecule has 0 bridgehead atoms. The molecule has 21 heavy (non-hydrogen) atoms. The number of rotatable bonds is 5. The highest BCUT2D eigenvalue weighted by Gasteiger charge is 2.23. The van der Waals surface area contributed by atoms with Crippen molar-refractivity contribution < 1.29 is 0 Å². The topological polar surface area (TPSA) is 15.3 Å². The molecule has 1 aromatic rings. The molecule has 0 radical (unpaired) electrons. The molecule has 0 unspecified atom stereocenters. The van der Waals surface area contributed by atoms with Crippen LogP contribution in [0.3, 0.4) is 0 Å². The number of nitrogens with one attached hydrogen (secondary N) is 1. The SMILES string of the molecule is CC1CCC(N(C)c2ccc(CNC3CC3)cc2Cl)CC1. The molecule has 116 valence electrons. The first-order valence-corrected chi connectivity index (χ1v) is 8.76. The number of benzene rings is 1. The van der Waals surface area contributed by atoms with Crippen molar-refractivity contribution in [3.05, 3.63) is 28.8 Å². The van der Waals surface area contributed by atoms with E-state index in [4.69, 9.17) is 11.6 Å². The van der Waals surface area contributed by atoms with Crippen LogP contribution in [0.5, 0.6) is 0 Å². The summed E-state index contributed by atoms with van der Waals surface area (Å²) in [7, 11) is 2.20. The lowest BCUT2D eigenvalue weighted by atomic mass is 9.86. The second-order valence-electron chi connectivity index (χ2n) is 6.97. The minimum absolute atomic E-state index is 0.647. The average Bonchev–Trinajstić information content (AvgIpc) is 3.29. The Balaban J connectivity index is 1.63. The minimum atomic E-state index is 0.647. The highest BCUT2D eigenvalue weighted by molar-refractivity contribution is 6.33. The monoisotopic (exact) mass is 306 g/mol. The molecule has 0 amide bonds. The van der Waals surface area contributed by atoms with Crippen LogP contribution in [0.2, 0.25) is 5.02 Å². The smallest absolute Gasteiger partial charge is 0.0642 e. The van der Waals surface area contributed by atoms with Gasteiger partial charge < -0.3 is 10.2 Å². The van der Waals surface area contributed by atoms with Crippen molar-refractivity contribution >= 4 is 17.3 Å². The van der Waals surface area contributed by atoms with E-state index < -0.39 is 0 Å². The molecule has 0 aromatic heterocycles. The average molecular weight is 307 g/mol. The van der Waals surface area contributed by atoms with E-state index in [1.807, 2.05) is 0 Å². The van der Waals surface area contributed by atoms with Crippen LogP contribution in [-0.4, -0.2) is 19.1 Å². The van der Waals surface area contributed by atoms with Crippen molar-refractivity contribution in [3.63, 3.8) is 0 Å². The van der Waals surface area contributed by atoms with E-state index in [1.165, 1.54) is 49.8 Å². The van der Waals surface area contributed by atoms with E-state index in [0.29, 0.717) is 6.04 Å². The van der Waals surface area contributed by atoms with Gasteiger partial charge in [0, 0.05) is 25.7 Å². The summed E-state index contributed by atoms with van der Waals surface area (Å²) in [5.41, 5.74) is 2.48. The van der Waals surface area contributed by atoms with Gasteiger partial charge in [-0.1, -0.05) is 24.6 Å². The molecule has 2 nitrogen and oxygen atoms in total. The van der Waals surface area contributed by atoms with Crippen LogP contribution in [0.25, 0.3) is 0 Å². The molecule has 3 rings (SSSR count). The van der Waals surface area contributed by atoms with Gasteiger partial charge in [-0.2, -0.15) is 0 Å². The van der Waals surface area contributed by atoms with E-state index in [9.17, 15) is 0 Å². The lowest BCUT2D eigenvalue weighted by molar-refractivity contribution is 0.341. The molecule has 2 fully saturated rings. The van der Waals surface area contributed by atoms with Gasteiger partial charge >= 0.3 is 0 Å². The zero-order valence-electron chi connectivity index (χ0n) is 13.2. The molecule has 0 saturated heterocycles. The Morgan fingerprint density at radius 3 is 2.48 bits per heavy atom. The van der Waals surface area contributed by atoms with Gasteiger partial charge in [-0.3, -0.25) is 0 Å². The molecule has 0 aliphatic heterocycles. The Kier molecular flexibility index (Phi) is 4.75. The van der Waals surface area contributed by atoms with Crippen LogP contribution in [0.4, 0.5) is 5.69 Å². The van der Waals surface area contributed by atoms with Gasteiger partial charge in [0.25, 0.3) is 0 Å². The first-order valence-electron chi connectivity index (χ1n) is 8.38. The van der Waals surface area contributed by atoms with Gasteiger partial charge in [0.1, 0.15) is 0 Å². The largest absolute Gasteiger partial charge is 0.370 e. The summed E-state index contributed by atoms with van der Waals surface area (Å²) in [6.07, 6.45) is 7.92. The van der Waals surface area contributed by atoms with Gasteiger partial charge in [-0.05, 0) is 62.1 Å². The second-order valence-corrected chi connectivity index (χ2v) is 7.37. The molecule has 2 aliphatic rings. The lowest BCUT2D eigenvalue weighted by Gasteiger charge is -2.35. The zero-order chi connectivity index (χ0) is 14.8. The predicted octanol–water partition coefficient (Wildman–Crippen LogP) is 4.61. The van der Waals surface area contributed by atoms with Crippen molar-refractivity contribution in [1.29, 1.82) is 0 Å². The fraction of sp³-hybridized carbons (Fsp3) is 0.667. The zero-order valence-corrected chi connectivity index (χ0v) is 14.0. The Bertz CT molecular complexity index is 476. The molecular formula is C18H27ClN2. The summed E-state index contributed by atoms with van der Waals surface area (Å²) in [5, 5.41) is 4.44. The molecular weight excluding hydrogens is 280 g/mol. The van der Waals surface area contributed by atoms with Crippen molar-refractivity contribution in [2.24, 2.45) is 5.92 Å². The molecule has 3 heteroatoms. The Morgan fingerprint density at radius 2 is 1.86 bits per heavy atom. The van der Waals surface area contributed by atoms with E-state index in [0.717, 1.165) is 23.5 Å². The number of hydrogen-bond acceptors (Lipinski definition) is 2. The lowest BCUT2D eigenvalue weighted by Crippen LogP contribution is -2.35. The van der Waals surface area contributed by atoms with Crippen LogP contribution in [-0.2, 0) is 6.54 Å². The number of nitrogens with zero attached hydrogens (tertiary/aromatic N) is 1. The molecule has 0 atom stereocenters. The van der Waals surface area contributed by atoms with E-state index >= 15 is 0 Å². The molecule has 2 aliphatic carbocycles. The fourth-order valence-corrected chi connectivity index (χ4v) is 3.66. The maximum Gasteiger partial charge on any atom is 0.0642 e. The van der Waals surface area contributed by atoms with Gasteiger partial charge in [0.2, 0.25) is 0 Å². The minimum Gasteiger partial charge on any atom is -0.370 e. The highest BCUT2D eigenvalue weighted by atomic mass is 35.5. The third-order valence-electron chi connectivity index (χ3n) is 5.10. The van der Waals surface area contributed by atoms with Crippen molar-refractivity contribution in [2.45, 2.75) is 64.1 Å². The van der Waals surface area contributed by atoms with Crippen LogP contribution in [0.15, 0.2) is 18.2 Å². The van der Waals surface area contributed by atoms with Crippen molar-refractivity contribution in [3.8, 4) is 0 Å². The van der Waals surface area contributed by atoms with E-state index in [2.05, 4.69) is 42.4 Å².